The standard InChI is InChI=1S/C12H25N3O3/c1-5-8(4)10(15-12(13)18)11(17)14-6-9(16)7(2)3/h7-10,16H,5-6H2,1-4H3,(H,14,17)(H3,13,15,18). The lowest BCUT2D eigenvalue weighted by Gasteiger charge is -2.24. The fraction of sp³-hybridized carbons (Fsp3) is 0.833. The fourth-order valence-corrected chi connectivity index (χ4v) is 1.41. The highest BCUT2D eigenvalue weighted by Gasteiger charge is 2.25. The van der Waals surface area contributed by atoms with E-state index in [-0.39, 0.29) is 24.3 Å². The molecule has 6 heteroatoms. The minimum Gasteiger partial charge on any atom is -0.391 e. The van der Waals surface area contributed by atoms with Crippen LogP contribution in [0, 0.1) is 11.8 Å². The summed E-state index contributed by atoms with van der Waals surface area (Å²) in [7, 11) is 0. The number of nitrogens with two attached hydrogens (primary N) is 1. The monoisotopic (exact) mass is 259 g/mol. The van der Waals surface area contributed by atoms with Gasteiger partial charge in [-0.2, -0.15) is 0 Å². The number of urea groups is 1. The smallest absolute Gasteiger partial charge is 0.312 e. The molecule has 0 saturated carbocycles. The quantitative estimate of drug-likeness (QED) is 0.525. The molecule has 0 aromatic rings. The van der Waals surface area contributed by atoms with E-state index in [0.29, 0.717) is 0 Å². The number of carbonyl (C=O) groups excluding carboxylic acids is 2. The topological polar surface area (TPSA) is 104 Å². The van der Waals surface area contributed by atoms with Crippen LogP contribution in [0.5, 0.6) is 0 Å². The zero-order chi connectivity index (χ0) is 14.3. The second kappa shape index (κ2) is 7.92. The van der Waals surface area contributed by atoms with Gasteiger partial charge in [0.1, 0.15) is 6.04 Å². The molecule has 0 aliphatic carbocycles. The Kier molecular flexibility index (Phi) is 7.35. The number of carbonyl (C=O) groups is 2. The van der Waals surface area contributed by atoms with E-state index in [1.807, 2.05) is 27.7 Å². The summed E-state index contributed by atoms with van der Waals surface area (Å²) in [5, 5.41) is 14.7. The number of primary amides is 1. The van der Waals surface area contributed by atoms with Gasteiger partial charge in [0.15, 0.2) is 0 Å². The fourth-order valence-electron chi connectivity index (χ4n) is 1.41. The molecular weight excluding hydrogens is 234 g/mol. The zero-order valence-corrected chi connectivity index (χ0v) is 11.6. The van der Waals surface area contributed by atoms with Crippen molar-refractivity contribution in [1.29, 1.82) is 0 Å². The van der Waals surface area contributed by atoms with Crippen molar-refractivity contribution in [2.75, 3.05) is 6.54 Å². The lowest BCUT2D eigenvalue weighted by molar-refractivity contribution is -0.124. The van der Waals surface area contributed by atoms with Crippen LogP contribution in [0.4, 0.5) is 4.79 Å². The first kappa shape index (κ1) is 16.7. The van der Waals surface area contributed by atoms with Gasteiger partial charge in [-0.15, -0.1) is 0 Å². The van der Waals surface area contributed by atoms with Crippen LogP contribution < -0.4 is 16.4 Å². The Balaban J connectivity index is 4.42. The van der Waals surface area contributed by atoms with Gasteiger partial charge in [-0.1, -0.05) is 34.1 Å². The van der Waals surface area contributed by atoms with Crippen molar-refractivity contribution in [1.82, 2.24) is 10.6 Å². The second-order valence-electron chi connectivity index (χ2n) is 4.93. The second-order valence-corrected chi connectivity index (χ2v) is 4.93. The van der Waals surface area contributed by atoms with E-state index in [0.717, 1.165) is 6.42 Å². The number of hydrogen-bond acceptors (Lipinski definition) is 3. The molecule has 0 heterocycles. The lowest BCUT2D eigenvalue weighted by atomic mass is 9.98. The summed E-state index contributed by atoms with van der Waals surface area (Å²) < 4.78 is 0. The van der Waals surface area contributed by atoms with Gasteiger partial charge in [0, 0.05) is 6.54 Å². The van der Waals surface area contributed by atoms with Crippen LogP contribution >= 0.6 is 0 Å². The first-order chi connectivity index (χ1) is 8.29. The average molecular weight is 259 g/mol. The molecule has 3 unspecified atom stereocenters. The van der Waals surface area contributed by atoms with Gasteiger partial charge >= 0.3 is 6.03 Å². The van der Waals surface area contributed by atoms with Crippen molar-refractivity contribution in [2.45, 2.75) is 46.3 Å². The molecule has 3 atom stereocenters. The van der Waals surface area contributed by atoms with E-state index >= 15 is 0 Å². The summed E-state index contributed by atoms with van der Waals surface area (Å²) in [5.41, 5.74) is 5.05. The normalized spacial score (nSPS) is 15.9. The van der Waals surface area contributed by atoms with Gasteiger partial charge in [0.05, 0.1) is 6.10 Å². The number of nitrogens with one attached hydrogen (secondary N) is 2. The highest BCUT2D eigenvalue weighted by Crippen LogP contribution is 2.08. The van der Waals surface area contributed by atoms with Crippen molar-refractivity contribution in [2.24, 2.45) is 17.6 Å². The van der Waals surface area contributed by atoms with E-state index in [2.05, 4.69) is 10.6 Å². The molecule has 18 heavy (non-hydrogen) atoms. The summed E-state index contributed by atoms with van der Waals surface area (Å²) in [6.07, 6.45) is 0.144. The molecule has 0 radical (unpaired) electrons. The molecule has 3 amide bonds. The average Bonchev–Trinajstić information content (AvgIpc) is 2.31. The lowest BCUT2D eigenvalue weighted by Crippen LogP contribution is -2.53. The summed E-state index contributed by atoms with van der Waals surface area (Å²) >= 11 is 0. The first-order valence-electron chi connectivity index (χ1n) is 6.31. The maximum absolute atomic E-state index is 11.9. The van der Waals surface area contributed by atoms with E-state index in [1.54, 1.807) is 0 Å². The molecule has 0 aromatic carbocycles. The number of rotatable bonds is 7. The molecule has 0 saturated heterocycles. The van der Waals surface area contributed by atoms with Gasteiger partial charge in [-0.3, -0.25) is 4.79 Å². The largest absolute Gasteiger partial charge is 0.391 e. The SMILES string of the molecule is CCC(C)C(NC(N)=O)C(=O)NCC(O)C(C)C. The molecule has 0 rings (SSSR count). The predicted molar refractivity (Wildman–Crippen MR) is 69.8 cm³/mol. The van der Waals surface area contributed by atoms with Crippen molar-refractivity contribution in [3.05, 3.63) is 0 Å². The van der Waals surface area contributed by atoms with Gasteiger partial charge < -0.3 is 21.5 Å². The van der Waals surface area contributed by atoms with E-state index in [1.165, 1.54) is 0 Å². The molecule has 5 N–H and O–H groups in total. The first-order valence-corrected chi connectivity index (χ1v) is 6.31. The summed E-state index contributed by atoms with van der Waals surface area (Å²) in [6, 6.07) is -1.38. The molecule has 0 bridgehead atoms. The van der Waals surface area contributed by atoms with Gasteiger partial charge in [-0.25, -0.2) is 4.79 Å². The van der Waals surface area contributed by atoms with E-state index in [9.17, 15) is 14.7 Å². The highest BCUT2D eigenvalue weighted by atomic mass is 16.3. The number of amides is 3. The van der Waals surface area contributed by atoms with Crippen LogP contribution in [0.25, 0.3) is 0 Å². The summed E-state index contributed by atoms with van der Waals surface area (Å²) in [5.74, 6) is -0.270. The molecule has 0 fully saturated rings. The van der Waals surface area contributed by atoms with Gasteiger partial charge in [0.25, 0.3) is 0 Å². The van der Waals surface area contributed by atoms with Crippen LogP contribution in [0.3, 0.4) is 0 Å². The zero-order valence-electron chi connectivity index (χ0n) is 11.6. The number of hydrogen-bond donors (Lipinski definition) is 4. The van der Waals surface area contributed by atoms with E-state index < -0.39 is 18.2 Å². The Bertz CT molecular complexity index is 282. The third kappa shape index (κ3) is 5.86. The Morgan fingerprint density at radius 3 is 2.22 bits per heavy atom. The Morgan fingerprint density at radius 1 is 1.28 bits per heavy atom. The molecule has 0 spiro atoms. The number of aliphatic hydroxyl groups is 1. The van der Waals surface area contributed by atoms with Crippen LogP contribution in [-0.4, -0.2) is 35.7 Å². The van der Waals surface area contributed by atoms with Crippen molar-refractivity contribution in [3.8, 4) is 0 Å². The Morgan fingerprint density at radius 2 is 1.83 bits per heavy atom. The highest BCUT2D eigenvalue weighted by molar-refractivity contribution is 5.86. The predicted octanol–water partition coefficient (Wildman–Crippen LogP) is 0.203. The maximum atomic E-state index is 11.9. The molecule has 0 aliphatic heterocycles. The van der Waals surface area contributed by atoms with Gasteiger partial charge in [-0.05, 0) is 11.8 Å². The molecule has 0 aromatic heterocycles. The van der Waals surface area contributed by atoms with Crippen LogP contribution in [-0.2, 0) is 4.79 Å². The summed E-state index contributed by atoms with van der Waals surface area (Å²) in [4.78, 5) is 22.8. The van der Waals surface area contributed by atoms with Crippen LogP contribution in [0.1, 0.15) is 34.1 Å². The van der Waals surface area contributed by atoms with Crippen molar-refractivity contribution in [3.63, 3.8) is 0 Å². The van der Waals surface area contributed by atoms with Gasteiger partial charge in [0.2, 0.25) is 5.91 Å². The van der Waals surface area contributed by atoms with Crippen molar-refractivity contribution < 1.29 is 14.7 Å². The summed E-state index contributed by atoms with van der Waals surface area (Å²) in [6.45, 7) is 7.69. The molecule has 0 aliphatic rings. The third-order valence-electron chi connectivity index (χ3n) is 3.05. The van der Waals surface area contributed by atoms with Crippen LogP contribution in [0.15, 0.2) is 0 Å². The third-order valence-corrected chi connectivity index (χ3v) is 3.05. The molecular formula is C12H25N3O3. The minimum absolute atomic E-state index is 0.0197. The van der Waals surface area contributed by atoms with Crippen molar-refractivity contribution >= 4 is 11.9 Å². The Hall–Kier alpha value is -1.30. The maximum Gasteiger partial charge on any atom is 0.312 e. The number of aliphatic hydroxyl groups excluding tert-OH is 1. The van der Waals surface area contributed by atoms with E-state index in [4.69, 9.17) is 5.73 Å². The molecule has 106 valence electrons. The molecule has 6 nitrogen and oxygen atoms in total. The Labute approximate surface area is 108 Å². The minimum atomic E-state index is -0.722. The van der Waals surface area contributed by atoms with Crippen LogP contribution in [0.2, 0.25) is 0 Å².